The summed E-state index contributed by atoms with van der Waals surface area (Å²) in [6.45, 7) is 6.68. The van der Waals surface area contributed by atoms with Crippen molar-refractivity contribution in [1.82, 2.24) is 15.1 Å². The Kier molecular flexibility index (Phi) is 9.99. The van der Waals surface area contributed by atoms with E-state index >= 15 is 0 Å². The Morgan fingerprint density at radius 2 is 1.49 bits per heavy atom. The molecule has 0 radical (unpaired) electrons. The van der Waals surface area contributed by atoms with Gasteiger partial charge < -0.3 is 20.0 Å². The Morgan fingerprint density at radius 3 is 2.12 bits per heavy atom. The van der Waals surface area contributed by atoms with Crippen molar-refractivity contribution in [3.05, 3.63) is 90.5 Å². The van der Waals surface area contributed by atoms with Gasteiger partial charge in [-0.2, -0.15) is 8.42 Å². The number of hydrogen-bond donors (Lipinski definition) is 1. The molecule has 2 aliphatic heterocycles. The van der Waals surface area contributed by atoms with Crippen molar-refractivity contribution in [1.29, 1.82) is 0 Å². The molecule has 0 aromatic heterocycles. The van der Waals surface area contributed by atoms with Crippen molar-refractivity contribution < 1.29 is 22.8 Å². The van der Waals surface area contributed by atoms with Crippen LogP contribution in [-0.2, 0) is 14.8 Å². The lowest BCUT2D eigenvalue weighted by Gasteiger charge is -2.34. The minimum absolute atomic E-state index is 0.0411. The van der Waals surface area contributed by atoms with Crippen LogP contribution in [-0.4, -0.2) is 68.8 Å². The summed E-state index contributed by atoms with van der Waals surface area (Å²) in [5, 5.41) is 2.78. The third-order valence-electron chi connectivity index (χ3n) is 8.23. The van der Waals surface area contributed by atoms with E-state index < -0.39 is 22.0 Å². The van der Waals surface area contributed by atoms with Crippen molar-refractivity contribution in [2.24, 2.45) is 5.92 Å². The highest BCUT2D eigenvalue weighted by molar-refractivity contribution is 7.92. The highest BCUT2D eigenvalue weighted by Gasteiger charge is 2.29. The van der Waals surface area contributed by atoms with E-state index in [2.05, 4.69) is 10.2 Å². The van der Waals surface area contributed by atoms with Crippen molar-refractivity contribution in [3.8, 4) is 5.75 Å². The first-order valence-electron chi connectivity index (χ1n) is 15.1. The molecule has 2 fully saturated rings. The number of carbonyl (C=O) groups excluding carboxylic acids is 2. The van der Waals surface area contributed by atoms with Crippen LogP contribution in [0.4, 0.5) is 5.69 Å². The standard InChI is InChI=1S/C33H40N4O5S/c1-26(33(39)36-24-19-27(20-25-36)18-23-35-21-8-9-22-35)34-32(38)28-14-16-31(17-15-28)43(40,41)37(29-10-4-2-5-11-29)42-30-12-6-3-7-13-30/h2-7,10-17,26-27H,8-9,18-25H2,1H3,(H,34,38). The van der Waals surface area contributed by atoms with Gasteiger partial charge in [-0.25, -0.2) is 0 Å². The first kappa shape index (κ1) is 30.6. The number of para-hydroxylation sites is 2. The number of amides is 2. The molecule has 2 saturated heterocycles. The lowest BCUT2D eigenvalue weighted by atomic mass is 9.93. The van der Waals surface area contributed by atoms with Crippen LogP contribution in [0.1, 0.15) is 49.4 Å². The third kappa shape index (κ3) is 7.74. The van der Waals surface area contributed by atoms with Crippen LogP contribution in [0.15, 0.2) is 89.8 Å². The Morgan fingerprint density at radius 1 is 0.884 bits per heavy atom. The van der Waals surface area contributed by atoms with Crippen LogP contribution in [0.5, 0.6) is 5.75 Å². The first-order chi connectivity index (χ1) is 20.8. The topological polar surface area (TPSA) is 99.3 Å². The lowest BCUT2D eigenvalue weighted by molar-refractivity contribution is -0.134. The minimum atomic E-state index is -4.14. The van der Waals surface area contributed by atoms with E-state index in [1.54, 1.807) is 61.5 Å². The van der Waals surface area contributed by atoms with E-state index in [0.717, 1.165) is 23.9 Å². The number of nitrogens with one attached hydrogen (secondary N) is 1. The second-order valence-corrected chi connectivity index (χ2v) is 13.1. The van der Waals surface area contributed by atoms with Crippen LogP contribution in [0.2, 0.25) is 0 Å². The van der Waals surface area contributed by atoms with Gasteiger partial charge in [0.2, 0.25) is 5.91 Å². The number of benzene rings is 3. The molecule has 0 saturated carbocycles. The fourth-order valence-electron chi connectivity index (χ4n) is 5.67. The fourth-order valence-corrected chi connectivity index (χ4v) is 6.93. The summed E-state index contributed by atoms with van der Waals surface area (Å²) in [5.74, 6) is 0.462. The predicted octanol–water partition coefficient (Wildman–Crippen LogP) is 4.72. The lowest BCUT2D eigenvalue weighted by Crippen LogP contribution is -2.49. The predicted molar refractivity (Wildman–Crippen MR) is 166 cm³/mol. The molecule has 1 atom stereocenters. The molecule has 3 aromatic rings. The molecular weight excluding hydrogens is 564 g/mol. The number of hydrogen-bond acceptors (Lipinski definition) is 6. The van der Waals surface area contributed by atoms with E-state index in [-0.39, 0.29) is 16.4 Å². The molecule has 1 N–H and O–H groups in total. The summed E-state index contributed by atoms with van der Waals surface area (Å²) in [4.78, 5) is 36.2. The molecule has 9 nitrogen and oxygen atoms in total. The quantitative estimate of drug-likeness (QED) is 0.318. The highest BCUT2D eigenvalue weighted by atomic mass is 32.2. The molecule has 0 aliphatic carbocycles. The van der Waals surface area contributed by atoms with Crippen LogP contribution < -0.4 is 14.6 Å². The molecule has 10 heteroatoms. The molecule has 2 amide bonds. The zero-order chi connectivity index (χ0) is 30.2. The smallest absolute Gasteiger partial charge is 0.295 e. The van der Waals surface area contributed by atoms with E-state index in [1.165, 1.54) is 56.6 Å². The van der Waals surface area contributed by atoms with Crippen LogP contribution in [0, 0.1) is 5.92 Å². The number of likely N-dealkylation sites (tertiary alicyclic amines) is 2. The number of anilines is 1. The zero-order valence-electron chi connectivity index (χ0n) is 24.6. The van der Waals surface area contributed by atoms with Gasteiger partial charge in [0, 0.05) is 18.7 Å². The van der Waals surface area contributed by atoms with Crippen molar-refractivity contribution in [3.63, 3.8) is 0 Å². The number of carbonyl (C=O) groups is 2. The SMILES string of the molecule is CC(NC(=O)c1ccc(S(=O)(=O)N(Oc2ccccc2)c2ccccc2)cc1)C(=O)N1CCC(CCN2CCCC2)CC1. The van der Waals surface area contributed by atoms with E-state index in [4.69, 9.17) is 4.84 Å². The van der Waals surface area contributed by atoms with E-state index in [0.29, 0.717) is 30.4 Å². The molecule has 1 unspecified atom stereocenters. The maximum Gasteiger partial charge on any atom is 0.295 e. The maximum absolute atomic E-state index is 13.6. The number of nitrogens with zero attached hydrogens (tertiary/aromatic N) is 3. The number of rotatable bonds is 11. The van der Waals surface area contributed by atoms with Gasteiger partial charge in [-0.1, -0.05) is 40.9 Å². The second-order valence-electron chi connectivity index (χ2n) is 11.3. The average Bonchev–Trinajstić information content (AvgIpc) is 3.57. The largest absolute Gasteiger partial charge is 0.364 e. The van der Waals surface area contributed by atoms with Gasteiger partial charge in [-0.15, -0.1) is 0 Å². The molecule has 2 heterocycles. The summed E-state index contributed by atoms with van der Waals surface area (Å²) < 4.78 is 28.1. The Labute approximate surface area is 254 Å². The highest BCUT2D eigenvalue weighted by Crippen LogP contribution is 2.26. The molecule has 0 bridgehead atoms. The summed E-state index contributed by atoms with van der Waals surface area (Å²) in [5.41, 5.74) is 0.589. The zero-order valence-corrected chi connectivity index (χ0v) is 25.4. The molecule has 43 heavy (non-hydrogen) atoms. The van der Waals surface area contributed by atoms with Gasteiger partial charge in [0.05, 0.1) is 10.6 Å². The van der Waals surface area contributed by atoms with Crippen molar-refractivity contribution in [2.75, 3.05) is 37.2 Å². The summed E-state index contributed by atoms with van der Waals surface area (Å²) >= 11 is 0. The van der Waals surface area contributed by atoms with Gasteiger partial charge in [0.25, 0.3) is 15.9 Å². The first-order valence-corrected chi connectivity index (χ1v) is 16.5. The van der Waals surface area contributed by atoms with Crippen LogP contribution in [0.3, 0.4) is 0 Å². The maximum atomic E-state index is 13.6. The van der Waals surface area contributed by atoms with Crippen LogP contribution >= 0.6 is 0 Å². The third-order valence-corrected chi connectivity index (χ3v) is 9.82. The Bertz CT molecular complexity index is 1450. The molecule has 0 spiro atoms. The number of piperidine rings is 1. The Balaban J connectivity index is 1.18. The van der Waals surface area contributed by atoms with Gasteiger partial charge in [-0.3, -0.25) is 9.59 Å². The molecule has 3 aromatic carbocycles. The minimum Gasteiger partial charge on any atom is -0.364 e. The average molecular weight is 605 g/mol. The molecule has 2 aliphatic rings. The van der Waals surface area contributed by atoms with Crippen molar-refractivity contribution >= 4 is 27.5 Å². The van der Waals surface area contributed by atoms with E-state index in [9.17, 15) is 18.0 Å². The van der Waals surface area contributed by atoms with Gasteiger partial charge in [0.1, 0.15) is 6.04 Å². The molecule has 5 rings (SSSR count). The van der Waals surface area contributed by atoms with E-state index in [1.807, 2.05) is 11.0 Å². The Hall–Kier alpha value is -3.89. The molecule has 228 valence electrons. The molecular formula is C33H40N4O5S. The van der Waals surface area contributed by atoms with Crippen LogP contribution in [0.25, 0.3) is 0 Å². The summed E-state index contributed by atoms with van der Waals surface area (Å²) in [7, 11) is -4.14. The monoisotopic (exact) mass is 604 g/mol. The van der Waals surface area contributed by atoms with Gasteiger partial charge >= 0.3 is 0 Å². The fraction of sp³-hybridized carbons (Fsp3) is 0.394. The van der Waals surface area contributed by atoms with Crippen molar-refractivity contribution in [2.45, 2.75) is 50.0 Å². The van der Waals surface area contributed by atoms with Gasteiger partial charge in [0.15, 0.2) is 5.75 Å². The normalized spacial score (nSPS) is 16.9. The second kappa shape index (κ2) is 14.1. The van der Waals surface area contributed by atoms with Gasteiger partial charge in [-0.05, 0) is 113 Å². The number of sulfonamides is 1. The summed E-state index contributed by atoms with van der Waals surface area (Å²) in [6.07, 6.45) is 5.77. The summed E-state index contributed by atoms with van der Waals surface area (Å²) in [6, 6.07) is 22.1.